The molecule has 1 aromatic carbocycles. The third-order valence-electron chi connectivity index (χ3n) is 3.76. The van der Waals surface area contributed by atoms with Gasteiger partial charge in [-0.25, -0.2) is 8.78 Å². The smallest absolute Gasteiger partial charge is 0.162 e. The van der Waals surface area contributed by atoms with Crippen molar-refractivity contribution in [2.24, 2.45) is 0 Å². The van der Waals surface area contributed by atoms with Crippen molar-refractivity contribution < 1.29 is 13.5 Å². The number of piperidine rings is 1. The number of hydrogen-bond donors (Lipinski definition) is 0. The summed E-state index contributed by atoms with van der Waals surface area (Å²) < 4.78 is 31.1. The molecular formula is C15H21F2NO. The van der Waals surface area contributed by atoms with E-state index in [0.29, 0.717) is 18.4 Å². The van der Waals surface area contributed by atoms with Gasteiger partial charge in [-0.2, -0.15) is 0 Å². The van der Waals surface area contributed by atoms with E-state index in [1.807, 2.05) is 0 Å². The topological polar surface area (TPSA) is 12.5 Å². The van der Waals surface area contributed by atoms with Gasteiger partial charge in [-0.3, -0.25) is 0 Å². The quantitative estimate of drug-likeness (QED) is 0.757. The lowest BCUT2D eigenvalue weighted by molar-refractivity contribution is 0.165. The highest BCUT2D eigenvalue weighted by atomic mass is 19.2. The molecule has 2 rings (SSSR count). The van der Waals surface area contributed by atoms with Gasteiger partial charge in [-0.15, -0.1) is 0 Å². The van der Waals surface area contributed by atoms with Crippen LogP contribution in [0.1, 0.15) is 32.1 Å². The monoisotopic (exact) mass is 269 g/mol. The van der Waals surface area contributed by atoms with Gasteiger partial charge in [0.05, 0.1) is 6.61 Å². The third kappa shape index (κ3) is 4.16. The Hall–Kier alpha value is -1.16. The molecule has 2 nitrogen and oxygen atoms in total. The molecule has 1 unspecified atom stereocenters. The molecule has 4 heteroatoms. The summed E-state index contributed by atoms with van der Waals surface area (Å²) in [7, 11) is 2.17. The Balaban J connectivity index is 1.70. The Labute approximate surface area is 113 Å². The third-order valence-corrected chi connectivity index (χ3v) is 3.76. The molecule has 1 heterocycles. The number of halogens is 2. The molecule has 1 atom stereocenters. The minimum Gasteiger partial charge on any atom is -0.493 e. The molecule has 106 valence electrons. The van der Waals surface area contributed by atoms with Crippen molar-refractivity contribution in [1.82, 2.24) is 4.90 Å². The highest BCUT2D eigenvalue weighted by Crippen LogP contribution is 2.20. The van der Waals surface area contributed by atoms with Crippen molar-refractivity contribution in [2.75, 3.05) is 20.2 Å². The Kier molecular flexibility index (Phi) is 5.14. The fourth-order valence-corrected chi connectivity index (χ4v) is 2.58. The van der Waals surface area contributed by atoms with Crippen LogP contribution >= 0.6 is 0 Å². The van der Waals surface area contributed by atoms with E-state index in [4.69, 9.17) is 4.74 Å². The van der Waals surface area contributed by atoms with E-state index < -0.39 is 11.6 Å². The predicted octanol–water partition coefficient (Wildman–Crippen LogP) is 3.61. The van der Waals surface area contributed by atoms with Gasteiger partial charge < -0.3 is 9.64 Å². The summed E-state index contributed by atoms with van der Waals surface area (Å²) in [6.45, 7) is 1.73. The lowest BCUT2D eigenvalue weighted by Crippen LogP contribution is -2.36. The molecule has 0 bridgehead atoms. The van der Waals surface area contributed by atoms with E-state index >= 15 is 0 Å². The second kappa shape index (κ2) is 6.85. The Morgan fingerprint density at radius 1 is 1.26 bits per heavy atom. The lowest BCUT2D eigenvalue weighted by Gasteiger charge is -2.32. The molecule has 1 aromatic rings. The van der Waals surface area contributed by atoms with Gasteiger partial charge in [0.2, 0.25) is 0 Å². The molecule has 0 spiro atoms. The maximum atomic E-state index is 13.0. The Bertz CT molecular complexity index is 411. The summed E-state index contributed by atoms with van der Waals surface area (Å²) in [6.07, 6.45) is 5.88. The van der Waals surface area contributed by atoms with Crippen LogP contribution in [0.25, 0.3) is 0 Å². The predicted molar refractivity (Wildman–Crippen MR) is 71.4 cm³/mol. The van der Waals surface area contributed by atoms with Crippen LogP contribution in [0.3, 0.4) is 0 Å². The van der Waals surface area contributed by atoms with Crippen LogP contribution < -0.4 is 4.74 Å². The Morgan fingerprint density at radius 2 is 2.11 bits per heavy atom. The summed E-state index contributed by atoms with van der Waals surface area (Å²) in [5, 5.41) is 0. The summed E-state index contributed by atoms with van der Waals surface area (Å²) in [6, 6.07) is 4.30. The summed E-state index contributed by atoms with van der Waals surface area (Å²) in [5.41, 5.74) is 0. The summed E-state index contributed by atoms with van der Waals surface area (Å²) in [4.78, 5) is 2.40. The molecule has 1 fully saturated rings. The zero-order valence-electron chi connectivity index (χ0n) is 11.4. The molecule has 0 aliphatic carbocycles. The zero-order valence-corrected chi connectivity index (χ0v) is 11.4. The zero-order chi connectivity index (χ0) is 13.7. The van der Waals surface area contributed by atoms with E-state index in [-0.39, 0.29) is 0 Å². The van der Waals surface area contributed by atoms with E-state index in [9.17, 15) is 8.78 Å². The van der Waals surface area contributed by atoms with Gasteiger partial charge in [0.25, 0.3) is 0 Å². The first-order chi connectivity index (χ1) is 9.16. The molecule has 1 saturated heterocycles. The number of hydrogen-bond acceptors (Lipinski definition) is 2. The largest absolute Gasteiger partial charge is 0.493 e. The first-order valence-corrected chi connectivity index (χ1v) is 6.95. The highest BCUT2D eigenvalue weighted by Gasteiger charge is 2.17. The molecule has 19 heavy (non-hydrogen) atoms. The van der Waals surface area contributed by atoms with Gasteiger partial charge in [-0.05, 0) is 51.4 Å². The number of likely N-dealkylation sites (tertiary alicyclic amines) is 1. The summed E-state index contributed by atoms with van der Waals surface area (Å²) in [5.74, 6) is -1.29. The molecule has 0 radical (unpaired) electrons. The molecule has 0 N–H and O–H groups in total. The minimum absolute atomic E-state index is 0.399. The lowest BCUT2D eigenvalue weighted by atomic mass is 9.99. The Morgan fingerprint density at radius 3 is 2.84 bits per heavy atom. The van der Waals surface area contributed by atoms with Gasteiger partial charge >= 0.3 is 0 Å². The fraction of sp³-hybridized carbons (Fsp3) is 0.600. The van der Waals surface area contributed by atoms with Crippen molar-refractivity contribution in [3.63, 3.8) is 0 Å². The average Bonchev–Trinajstić information content (AvgIpc) is 2.40. The molecular weight excluding hydrogens is 248 g/mol. The van der Waals surface area contributed by atoms with Crippen LogP contribution in [0.2, 0.25) is 0 Å². The van der Waals surface area contributed by atoms with E-state index in [0.717, 1.165) is 25.0 Å². The van der Waals surface area contributed by atoms with Crippen LogP contribution in [0.4, 0.5) is 8.78 Å². The van der Waals surface area contributed by atoms with Crippen molar-refractivity contribution in [3.05, 3.63) is 29.8 Å². The molecule has 1 aliphatic heterocycles. The second-order valence-corrected chi connectivity index (χ2v) is 5.20. The standard InChI is InChI=1S/C15H21F2NO/c1-18-9-3-2-5-12(18)6-4-10-19-13-7-8-14(16)15(17)11-13/h7-8,11-12H,2-6,9-10H2,1H3. The van der Waals surface area contributed by atoms with Crippen molar-refractivity contribution in [3.8, 4) is 5.75 Å². The molecule has 0 aromatic heterocycles. The average molecular weight is 269 g/mol. The first-order valence-electron chi connectivity index (χ1n) is 6.95. The van der Waals surface area contributed by atoms with Gasteiger partial charge in [-0.1, -0.05) is 6.42 Å². The van der Waals surface area contributed by atoms with Crippen molar-refractivity contribution in [1.29, 1.82) is 0 Å². The number of ether oxygens (including phenoxy) is 1. The minimum atomic E-state index is -0.857. The van der Waals surface area contributed by atoms with Gasteiger partial charge in [0, 0.05) is 12.1 Å². The normalized spacial score (nSPS) is 20.5. The maximum absolute atomic E-state index is 13.0. The van der Waals surface area contributed by atoms with Gasteiger partial charge in [0.15, 0.2) is 11.6 Å². The first kappa shape index (κ1) is 14.3. The van der Waals surface area contributed by atoms with Crippen LogP contribution in [0, 0.1) is 11.6 Å². The van der Waals surface area contributed by atoms with E-state index in [2.05, 4.69) is 11.9 Å². The van der Waals surface area contributed by atoms with Crippen LogP contribution in [0.5, 0.6) is 5.75 Å². The van der Waals surface area contributed by atoms with Crippen LogP contribution in [-0.4, -0.2) is 31.1 Å². The molecule has 0 saturated carbocycles. The maximum Gasteiger partial charge on any atom is 0.162 e. The van der Waals surface area contributed by atoms with E-state index in [1.165, 1.54) is 31.9 Å². The van der Waals surface area contributed by atoms with Crippen LogP contribution in [-0.2, 0) is 0 Å². The van der Waals surface area contributed by atoms with Crippen molar-refractivity contribution in [2.45, 2.75) is 38.1 Å². The number of rotatable bonds is 5. The fourth-order valence-electron chi connectivity index (χ4n) is 2.58. The molecule has 0 amide bonds. The van der Waals surface area contributed by atoms with Crippen molar-refractivity contribution >= 4 is 0 Å². The van der Waals surface area contributed by atoms with Crippen LogP contribution in [0.15, 0.2) is 18.2 Å². The highest BCUT2D eigenvalue weighted by molar-refractivity contribution is 5.23. The number of benzene rings is 1. The summed E-state index contributed by atoms with van der Waals surface area (Å²) >= 11 is 0. The SMILES string of the molecule is CN1CCCCC1CCCOc1ccc(F)c(F)c1. The number of nitrogens with zero attached hydrogens (tertiary/aromatic N) is 1. The van der Waals surface area contributed by atoms with Gasteiger partial charge in [0.1, 0.15) is 5.75 Å². The second-order valence-electron chi connectivity index (χ2n) is 5.20. The van der Waals surface area contributed by atoms with E-state index in [1.54, 1.807) is 0 Å². The molecule has 1 aliphatic rings.